The van der Waals surface area contributed by atoms with E-state index in [1.807, 2.05) is 37.4 Å². The fourth-order valence-corrected chi connectivity index (χ4v) is 2.39. The van der Waals surface area contributed by atoms with E-state index in [-0.39, 0.29) is 0 Å². The van der Waals surface area contributed by atoms with Crippen molar-refractivity contribution in [3.8, 4) is 5.69 Å². The Labute approximate surface area is 131 Å². The summed E-state index contributed by atoms with van der Waals surface area (Å²) in [6, 6.07) is 9.88. The van der Waals surface area contributed by atoms with Crippen LogP contribution < -0.4 is 5.32 Å². The van der Waals surface area contributed by atoms with Crippen molar-refractivity contribution in [1.29, 1.82) is 0 Å². The van der Waals surface area contributed by atoms with Crippen LogP contribution >= 0.6 is 0 Å². The van der Waals surface area contributed by atoms with Gasteiger partial charge in [0.2, 0.25) is 0 Å². The minimum atomic E-state index is 0.527. The highest BCUT2D eigenvalue weighted by atomic mass is 15.3. The summed E-state index contributed by atoms with van der Waals surface area (Å²) >= 11 is 0. The molecule has 1 aromatic carbocycles. The van der Waals surface area contributed by atoms with Crippen LogP contribution in [0.5, 0.6) is 0 Å². The standard InChI is InChI=1S/C15H14N8/c1-22-13(17-10-21-22)8-16-14-12-7-20-23(15(12)19-9-18-14)11-5-3-2-4-6-11/h2-7,9-10H,8H2,1H3,(H,16,18,19). The molecular formula is C15H14N8. The molecule has 0 saturated carbocycles. The second-order valence-corrected chi connectivity index (χ2v) is 5.00. The predicted molar refractivity (Wildman–Crippen MR) is 85.0 cm³/mol. The molecule has 0 bridgehead atoms. The van der Waals surface area contributed by atoms with Crippen LogP contribution in [0.1, 0.15) is 5.82 Å². The number of para-hydroxylation sites is 1. The molecule has 1 N–H and O–H groups in total. The van der Waals surface area contributed by atoms with E-state index in [0.717, 1.165) is 28.4 Å². The van der Waals surface area contributed by atoms with E-state index in [1.165, 1.54) is 12.7 Å². The van der Waals surface area contributed by atoms with Crippen LogP contribution in [0.2, 0.25) is 0 Å². The first-order chi connectivity index (χ1) is 11.3. The molecule has 0 spiro atoms. The van der Waals surface area contributed by atoms with Gasteiger partial charge in [-0.3, -0.25) is 4.68 Å². The van der Waals surface area contributed by atoms with E-state index in [0.29, 0.717) is 6.54 Å². The maximum atomic E-state index is 4.43. The van der Waals surface area contributed by atoms with E-state index in [1.54, 1.807) is 15.6 Å². The lowest BCUT2D eigenvalue weighted by Gasteiger charge is -2.06. The molecule has 0 aliphatic carbocycles. The number of hydrogen-bond acceptors (Lipinski definition) is 6. The predicted octanol–water partition coefficient (Wildman–Crippen LogP) is 1.56. The van der Waals surface area contributed by atoms with Gasteiger partial charge in [0.15, 0.2) is 5.65 Å². The number of nitrogens with zero attached hydrogens (tertiary/aromatic N) is 7. The summed E-state index contributed by atoms with van der Waals surface area (Å²) in [5.41, 5.74) is 1.71. The van der Waals surface area contributed by atoms with Crippen molar-refractivity contribution in [2.45, 2.75) is 6.54 Å². The first kappa shape index (κ1) is 13.4. The lowest BCUT2D eigenvalue weighted by molar-refractivity contribution is 0.711. The second kappa shape index (κ2) is 5.48. The Morgan fingerprint density at radius 3 is 2.65 bits per heavy atom. The van der Waals surface area contributed by atoms with Gasteiger partial charge in [0.05, 0.1) is 23.8 Å². The maximum absolute atomic E-state index is 4.43. The third kappa shape index (κ3) is 2.39. The molecule has 0 unspecified atom stereocenters. The summed E-state index contributed by atoms with van der Waals surface area (Å²) in [7, 11) is 1.85. The number of anilines is 1. The van der Waals surface area contributed by atoms with Gasteiger partial charge in [-0.1, -0.05) is 18.2 Å². The van der Waals surface area contributed by atoms with Crippen LogP contribution in [0.25, 0.3) is 16.7 Å². The third-order valence-electron chi connectivity index (χ3n) is 3.59. The van der Waals surface area contributed by atoms with E-state index >= 15 is 0 Å². The highest BCUT2D eigenvalue weighted by Crippen LogP contribution is 2.21. The molecule has 0 amide bonds. The van der Waals surface area contributed by atoms with Gasteiger partial charge in [0.25, 0.3) is 0 Å². The number of fused-ring (bicyclic) bond motifs is 1. The van der Waals surface area contributed by atoms with Crippen molar-refractivity contribution in [1.82, 2.24) is 34.5 Å². The molecule has 0 aliphatic heterocycles. The van der Waals surface area contributed by atoms with Gasteiger partial charge < -0.3 is 5.32 Å². The quantitative estimate of drug-likeness (QED) is 0.615. The molecule has 4 aromatic rings. The van der Waals surface area contributed by atoms with Gasteiger partial charge in [-0.15, -0.1) is 0 Å². The average molecular weight is 306 g/mol. The Morgan fingerprint density at radius 2 is 1.87 bits per heavy atom. The number of nitrogens with one attached hydrogen (secondary N) is 1. The molecule has 23 heavy (non-hydrogen) atoms. The average Bonchev–Trinajstić information content (AvgIpc) is 3.20. The van der Waals surface area contributed by atoms with Crippen molar-refractivity contribution in [3.63, 3.8) is 0 Å². The Balaban J connectivity index is 1.69. The van der Waals surface area contributed by atoms with E-state index in [2.05, 4.69) is 30.5 Å². The topological polar surface area (TPSA) is 86.3 Å². The molecule has 0 radical (unpaired) electrons. The van der Waals surface area contributed by atoms with Crippen LogP contribution in [0.15, 0.2) is 49.2 Å². The Morgan fingerprint density at radius 1 is 1.00 bits per heavy atom. The SMILES string of the molecule is Cn1ncnc1CNc1ncnc2c1cnn2-c1ccccc1. The molecule has 3 aromatic heterocycles. The molecule has 0 fully saturated rings. The van der Waals surface area contributed by atoms with Crippen molar-refractivity contribution in [3.05, 3.63) is 55.0 Å². The number of hydrogen-bond donors (Lipinski definition) is 1. The van der Waals surface area contributed by atoms with Crippen LogP contribution in [0, 0.1) is 0 Å². The van der Waals surface area contributed by atoms with E-state index < -0.39 is 0 Å². The van der Waals surface area contributed by atoms with Gasteiger partial charge in [-0.2, -0.15) is 10.2 Å². The summed E-state index contributed by atoms with van der Waals surface area (Å²) in [5, 5.41) is 12.6. The summed E-state index contributed by atoms with van der Waals surface area (Å²) in [5.74, 6) is 1.55. The molecule has 114 valence electrons. The fraction of sp³-hybridized carbons (Fsp3) is 0.133. The summed E-state index contributed by atoms with van der Waals surface area (Å²) in [4.78, 5) is 12.9. The van der Waals surface area contributed by atoms with Gasteiger partial charge in [0, 0.05) is 7.05 Å². The number of aryl methyl sites for hydroxylation is 1. The van der Waals surface area contributed by atoms with E-state index in [9.17, 15) is 0 Å². The summed E-state index contributed by atoms with van der Waals surface area (Å²) in [6.07, 6.45) is 4.82. The molecule has 8 heteroatoms. The highest BCUT2D eigenvalue weighted by Gasteiger charge is 2.11. The molecule has 0 atom stereocenters. The molecule has 8 nitrogen and oxygen atoms in total. The first-order valence-electron chi connectivity index (χ1n) is 7.14. The molecule has 3 heterocycles. The van der Waals surface area contributed by atoms with Crippen LogP contribution in [-0.2, 0) is 13.6 Å². The summed E-state index contributed by atoms with van der Waals surface area (Å²) < 4.78 is 3.52. The number of aromatic nitrogens is 7. The van der Waals surface area contributed by atoms with Crippen molar-refractivity contribution < 1.29 is 0 Å². The molecule has 4 rings (SSSR count). The first-order valence-corrected chi connectivity index (χ1v) is 7.14. The zero-order chi connectivity index (χ0) is 15.6. The van der Waals surface area contributed by atoms with Crippen LogP contribution in [0.4, 0.5) is 5.82 Å². The lowest BCUT2D eigenvalue weighted by atomic mass is 10.3. The summed E-state index contributed by atoms with van der Waals surface area (Å²) in [6.45, 7) is 0.527. The Bertz CT molecular complexity index is 940. The fourth-order valence-electron chi connectivity index (χ4n) is 2.39. The van der Waals surface area contributed by atoms with Gasteiger partial charge >= 0.3 is 0 Å². The Kier molecular flexibility index (Phi) is 3.19. The Hall–Kier alpha value is -3.29. The van der Waals surface area contributed by atoms with Crippen LogP contribution in [0.3, 0.4) is 0 Å². The van der Waals surface area contributed by atoms with Crippen LogP contribution in [-0.4, -0.2) is 34.5 Å². The number of benzene rings is 1. The molecular weight excluding hydrogens is 292 g/mol. The maximum Gasteiger partial charge on any atom is 0.168 e. The van der Waals surface area contributed by atoms with E-state index in [4.69, 9.17) is 0 Å². The minimum Gasteiger partial charge on any atom is -0.362 e. The zero-order valence-corrected chi connectivity index (χ0v) is 12.5. The normalized spacial score (nSPS) is 11.0. The smallest absolute Gasteiger partial charge is 0.168 e. The lowest BCUT2D eigenvalue weighted by Crippen LogP contribution is -2.08. The van der Waals surface area contributed by atoms with Gasteiger partial charge in [0.1, 0.15) is 24.3 Å². The molecule has 0 saturated heterocycles. The van der Waals surface area contributed by atoms with Crippen molar-refractivity contribution in [2.75, 3.05) is 5.32 Å². The zero-order valence-electron chi connectivity index (χ0n) is 12.5. The minimum absolute atomic E-state index is 0.527. The van der Waals surface area contributed by atoms with Gasteiger partial charge in [-0.05, 0) is 12.1 Å². The highest BCUT2D eigenvalue weighted by molar-refractivity contribution is 5.87. The van der Waals surface area contributed by atoms with Crippen molar-refractivity contribution in [2.24, 2.45) is 7.05 Å². The second-order valence-electron chi connectivity index (χ2n) is 5.00. The molecule has 0 aliphatic rings. The largest absolute Gasteiger partial charge is 0.362 e. The van der Waals surface area contributed by atoms with Crippen molar-refractivity contribution >= 4 is 16.9 Å². The van der Waals surface area contributed by atoms with Gasteiger partial charge in [-0.25, -0.2) is 19.6 Å². The number of rotatable bonds is 4. The third-order valence-corrected chi connectivity index (χ3v) is 3.59. The monoisotopic (exact) mass is 306 g/mol.